The molecular formula is C17H19F2NO. The average molecular weight is 291 g/mol. The van der Waals surface area contributed by atoms with Crippen LogP contribution in [0.25, 0.3) is 0 Å². The second kappa shape index (κ2) is 7.07. The van der Waals surface area contributed by atoms with E-state index in [2.05, 4.69) is 5.32 Å². The van der Waals surface area contributed by atoms with E-state index in [9.17, 15) is 8.78 Å². The minimum absolute atomic E-state index is 0.155. The van der Waals surface area contributed by atoms with E-state index < -0.39 is 12.0 Å². The number of alkyl halides is 1. The Kier molecular flexibility index (Phi) is 5.14. The van der Waals surface area contributed by atoms with Crippen molar-refractivity contribution < 1.29 is 13.5 Å². The molecule has 0 aliphatic heterocycles. The lowest BCUT2D eigenvalue weighted by Crippen LogP contribution is -2.24. The zero-order valence-electron chi connectivity index (χ0n) is 12.1. The van der Waals surface area contributed by atoms with Gasteiger partial charge in [0.25, 0.3) is 0 Å². The van der Waals surface area contributed by atoms with E-state index >= 15 is 0 Å². The molecule has 2 nitrogen and oxygen atoms in total. The Morgan fingerprint density at radius 2 is 1.81 bits per heavy atom. The van der Waals surface area contributed by atoms with Crippen molar-refractivity contribution in [1.29, 1.82) is 0 Å². The predicted molar refractivity (Wildman–Crippen MR) is 80.8 cm³/mol. The molecule has 2 aromatic rings. The summed E-state index contributed by atoms with van der Waals surface area (Å²) in [4.78, 5) is 0. The Morgan fingerprint density at radius 3 is 2.48 bits per heavy atom. The molecule has 0 bridgehead atoms. The van der Waals surface area contributed by atoms with Gasteiger partial charge in [-0.2, -0.15) is 0 Å². The van der Waals surface area contributed by atoms with Crippen LogP contribution >= 0.6 is 0 Å². The van der Waals surface area contributed by atoms with Crippen LogP contribution < -0.4 is 10.1 Å². The maximum absolute atomic E-state index is 13.7. The number of halogens is 2. The van der Waals surface area contributed by atoms with Crippen molar-refractivity contribution in [3.8, 4) is 5.75 Å². The molecular weight excluding hydrogens is 272 g/mol. The molecule has 0 aliphatic carbocycles. The molecule has 0 radical (unpaired) electrons. The van der Waals surface area contributed by atoms with Crippen molar-refractivity contribution in [2.75, 3.05) is 5.32 Å². The van der Waals surface area contributed by atoms with Gasteiger partial charge in [-0.25, -0.2) is 8.78 Å². The number of anilines is 1. The van der Waals surface area contributed by atoms with Crippen LogP contribution in [0, 0.1) is 5.82 Å². The number of rotatable bonds is 6. The van der Waals surface area contributed by atoms with Crippen molar-refractivity contribution in [2.45, 2.75) is 32.7 Å². The van der Waals surface area contributed by atoms with Gasteiger partial charge in [-0.1, -0.05) is 30.3 Å². The highest BCUT2D eigenvalue weighted by Gasteiger charge is 2.12. The van der Waals surface area contributed by atoms with Gasteiger partial charge in [0.15, 0.2) is 11.6 Å². The van der Waals surface area contributed by atoms with Crippen LogP contribution in [-0.2, 0) is 6.61 Å². The molecule has 0 saturated carbocycles. The van der Waals surface area contributed by atoms with E-state index in [0.29, 0.717) is 5.69 Å². The second-order valence-electron chi connectivity index (χ2n) is 5.03. The lowest BCUT2D eigenvalue weighted by molar-refractivity contribution is 0.290. The van der Waals surface area contributed by atoms with Crippen LogP contribution in [0.2, 0.25) is 0 Å². The number of nitrogens with one attached hydrogen (secondary N) is 1. The first kappa shape index (κ1) is 15.3. The maximum atomic E-state index is 13.7. The summed E-state index contributed by atoms with van der Waals surface area (Å²) in [7, 11) is 0. The molecule has 2 atom stereocenters. The van der Waals surface area contributed by atoms with Gasteiger partial charge in [-0.15, -0.1) is 0 Å². The minimum atomic E-state index is -0.997. The molecule has 2 rings (SSSR count). The first-order valence-corrected chi connectivity index (χ1v) is 6.93. The summed E-state index contributed by atoms with van der Waals surface area (Å²) in [6, 6.07) is 13.6. The predicted octanol–water partition coefficient (Wildman–Crippen LogP) is 4.56. The van der Waals surface area contributed by atoms with Crippen molar-refractivity contribution in [1.82, 2.24) is 0 Å². The van der Waals surface area contributed by atoms with Crippen molar-refractivity contribution in [2.24, 2.45) is 0 Å². The molecule has 1 N–H and O–H groups in total. The summed E-state index contributed by atoms with van der Waals surface area (Å²) in [6.45, 7) is 3.50. The van der Waals surface area contributed by atoms with Gasteiger partial charge < -0.3 is 10.1 Å². The number of ether oxygens (including phenoxy) is 1. The highest BCUT2D eigenvalue weighted by Crippen LogP contribution is 2.24. The summed E-state index contributed by atoms with van der Waals surface area (Å²) < 4.78 is 32.4. The van der Waals surface area contributed by atoms with E-state index in [1.54, 1.807) is 19.1 Å². The SMILES string of the molecule is CC(F)[C@H](C)Nc1ccc(F)c(OCc2ccccc2)c1. The lowest BCUT2D eigenvalue weighted by Gasteiger charge is -2.17. The topological polar surface area (TPSA) is 21.3 Å². The third-order valence-corrected chi connectivity index (χ3v) is 3.25. The number of hydrogen-bond donors (Lipinski definition) is 1. The van der Waals surface area contributed by atoms with Crippen LogP contribution in [0.4, 0.5) is 14.5 Å². The Morgan fingerprint density at radius 1 is 1.10 bits per heavy atom. The van der Waals surface area contributed by atoms with Gasteiger partial charge in [0.2, 0.25) is 0 Å². The van der Waals surface area contributed by atoms with Crippen molar-refractivity contribution >= 4 is 5.69 Å². The molecule has 0 fully saturated rings. The standard InChI is InChI=1S/C17H19F2NO/c1-12(18)13(2)20-15-8-9-16(19)17(10-15)21-11-14-6-4-3-5-7-14/h3-10,12-13,20H,11H2,1-2H3/t12?,13-/m0/s1. The maximum Gasteiger partial charge on any atom is 0.165 e. The Labute approximate surface area is 123 Å². The minimum Gasteiger partial charge on any atom is -0.486 e. The van der Waals surface area contributed by atoms with Crippen LogP contribution in [0.3, 0.4) is 0 Å². The molecule has 1 unspecified atom stereocenters. The van der Waals surface area contributed by atoms with Gasteiger partial charge in [0.05, 0.1) is 6.04 Å². The van der Waals surface area contributed by atoms with E-state index in [1.807, 2.05) is 30.3 Å². The summed E-state index contributed by atoms with van der Waals surface area (Å²) in [5.41, 5.74) is 1.59. The van der Waals surface area contributed by atoms with Gasteiger partial charge in [-0.3, -0.25) is 0 Å². The van der Waals surface area contributed by atoms with Crippen LogP contribution in [-0.4, -0.2) is 12.2 Å². The molecule has 0 aromatic heterocycles. The monoisotopic (exact) mass is 291 g/mol. The third kappa shape index (κ3) is 4.45. The third-order valence-electron chi connectivity index (χ3n) is 3.25. The van der Waals surface area contributed by atoms with Gasteiger partial charge in [0, 0.05) is 11.8 Å². The largest absolute Gasteiger partial charge is 0.486 e. The first-order chi connectivity index (χ1) is 10.1. The second-order valence-corrected chi connectivity index (χ2v) is 5.03. The fourth-order valence-electron chi connectivity index (χ4n) is 1.82. The zero-order valence-corrected chi connectivity index (χ0v) is 12.1. The highest BCUT2D eigenvalue weighted by atomic mass is 19.1. The van der Waals surface area contributed by atoms with E-state index in [-0.39, 0.29) is 18.4 Å². The van der Waals surface area contributed by atoms with Gasteiger partial charge in [-0.05, 0) is 31.5 Å². The van der Waals surface area contributed by atoms with E-state index in [0.717, 1.165) is 5.56 Å². The van der Waals surface area contributed by atoms with Crippen LogP contribution in [0.5, 0.6) is 5.75 Å². The fraction of sp³-hybridized carbons (Fsp3) is 0.294. The van der Waals surface area contributed by atoms with Crippen molar-refractivity contribution in [3.63, 3.8) is 0 Å². The van der Waals surface area contributed by atoms with Crippen LogP contribution in [0.1, 0.15) is 19.4 Å². The lowest BCUT2D eigenvalue weighted by atomic mass is 10.2. The molecule has 0 amide bonds. The highest BCUT2D eigenvalue weighted by molar-refractivity contribution is 5.49. The number of benzene rings is 2. The van der Waals surface area contributed by atoms with Crippen molar-refractivity contribution in [3.05, 3.63) is 59.9 Å². The smallest absolute Gasteiger partial charge is 0.165 e. The summed E-state index contributed by atoms with van der Waals surface area (Å²) in [5.74, 6) is -0.278. The molecule has 0 aliphatic rings. The fourth-order valence-corrected chi connectivity index (χ4v) is 1.82. The van der Waals surface area contributed by atoms with E-state index in [1.165, 1.54) is 13.0 Å². The molecule has 4 heteroatoms. The van der Waals surface area contributed by atoms with Gasteiger partial charge in [0.1, 0.15) is 12.8 Å². The van der Waals surface area contributed by atoms with E-state index in [4.69, 9.17) is 4.74 Å². The Hall–Kier alpha value is -2.10. The zero-order chi connectivity index (χ0) is 15.2. The quantitative estimate of drug-likeness (QED) is 0.842. The molecule has 21 heavy (non-hydrogen) atoms. The molecule has 0 saturated heterocycles. The average Bonchev–Trinajstić information content (AvgIpc) is 2.48. The number of hydrogen-bond acceptors (Lipinski definition) is 2. The molecule has 0 heterocycles. The normalized spacial score (nSPS) is 13.5. The molecule has 2 aromatic carbocycles. The summed E-state index contributed by atoms with van der Waals surface area (Å²) >= 11 is 0. The summed E-state index contributed by atoms with van der Waals surface area (Å²) in [5, 5.41) is 2.99. The van der Waals surface area contributed by atoms with Gasteiger partial charge >= 0.3 is 0 Å². The Bertz CT molecular complexity index is 572. The molecule has 112 valence electrons. The summed E-state index contributed by atoms with van der Waals surface area (Å²) in [6.07, 6.45) is -0.997. The first-order valence-electron chi connectivity index (χ1n) is 6.93. The molecule has 0 spiro atoms. The van der Waals surface area contributed by atoms with Crippen LogP contribution in [0.15, 0.2) is 48.5 Å². The Balaban J connectivity index is 2.05.